The average molecular weight is 449 g/mol. The van der Waals surface area contributed by atoms with Gasteiger partial charge in [0.2, 0.25) is 0 Å². The van der Waals surface area contributed by atoms with Gasteiger partial charge in [0.15, 0.2) is 0 Å². The second-order valence-corrected chi connectivity index (χ2v) is 8.31. The summed E-state index contributed by atoms with van der Waals surface area (Å²) in [5.74, 6) is 0.128. The van der Waals surface area contributed by atoms with E-state index < -0.39 is 12.0 Å². The predicted octanol–water partition coefficient (Wildman–Crippen LogP) is 4.16. The number of primary amides is 1. The van der Waals surface area contributed by atoms with Crippen LogP contribution in [-0.4, -0.2) is 38.3 Å². The van der Waals surface area contributed by atoms with Crippen LogP contribution in [0.1, 0.15) is 29.9 Å². The summed E-state index contributed by atoms with van der Waals surface area (Å²) < 4.78 is 7.65. The van der Waals surface area contributed by atoms with Crippen LogP contribution in [0.2, 0.25) is 0 Å². The Morgan fingerprint density at radius 2 is 1.97 bits per heavy atom. The van der Waals surface area contributed by atoms with Crippen molar-refractivity contribution in [2.45, 2.75) is 25.5 Å². The van der Waals surface area contributed by atoms with E-state index in [-0.39, 0.29) is 11.7 Å². The summed E-state index contributed by atoms with van der Waals surface area (Å²) in [4.78, 5) is 20.0. The number of aliphatic hydroxyl groups excluding tert-OH is 1. The number of carbonyl (C=O) groups excluding carboxylic acids is 1. The summed E-state index contributed by atoms with van der Waals surface area (Å²) in [6.45, 7) is 2.08. The van der Waals surface area contributed by atoms with Gasteiger partial charge in [-0.05, 0) is 19.1 Å². The van der Waals surface area contributed by atoms with Gasteiger partial charge in [0, 0.05) is 29.1 Å². The Labute approximate surface area is 190 Å². The fourth-order valence-corrected chi connectivity index (χ4v) is 4.28. The minimum absolute atomic E-state index is 0.169. The predicted molar refractivity (Wildman–Crippen MR) is 125 cm³/mol. The van der Waals surface area contributed by atoms with Crippen molar-refractivity contribution < 1.29 is 14.6 Å². The standard InChI is InChI=1S/C24H24N4O3S/c1-16(29)22(28-13-20(23(25)30)26-15-28)10-11-31-19-9-5-8-18(12-19)21-14-32-24(27-21)17-6-3-2-4-7-17/h2-9,12-16,22,29H,10-11H2,1H3,(H2,25,30)/t16-,22+/m0/s1. The third kappa shape index (κ3) is 5.04. The average Bonchev–Trinajstić information content (AvgIpc) is 3.48. The molecule has 0 spiro atoms. The Kier molecular flexibility index (Phi) is 6.63. The Balaban J connectivity index is 1.41. The molecular formula is C24H24N4O3S. The topological polar surface area (TPSA) is 103 Å². The van der Waals surface area contributed by atoms with Crippen LogP contribution in [0, 0.1) is 0 Å². The second kappa shape index (κ2) is 9.76. The first-order chi connectivity index (χ1) is 15.5. The highest BCUT2D eigenvalue weighted by Crippen LogP contribution is 2.30. The van der Waals surface area contributed by atoms with Gasteiger partial charge >= 0.3 is 0 Å². The number of nitrogens with zero attached hydrogens (tertiary/aromatic N) is 3. The largest absolute Gasteiger partial charge is 0.493 e. The van der Waals surface area contributed by atoms with Crippen LogP contribution in [0.5, 0.6) is 5.75 Å². The molecular weight excluding hydrogens is 424 g/mol. The number of hydrogen-bond acceptors (Lipinski definition) is 6. The molecule has 8 heteroatoms. The maximum absolute atomic E-state index is 11.3. The molecule has 2 atom stereocenters. The quantitative estimate of drug-likeness (QED) is 0.400. The molecule has 0 radical (unpaired) electrons. The first-order valence-corrected chi connectivity index (χ1v) is 11.1. The van der Waals surface area contributed by atoms with Crippen molar-refractivity contribution in [3.05, 3.63) is 78.2 Å². The number of aliphatic hydroxyl groups is 1. The van der Waals surface area contributed by atoms with Crippen molar-refractivity contribution in [2.75, 3.05) is 6.61 Å². The molecule has 4 rings (SSSR count). The molecule has 0 bridgehead atoms. The van der Waals surface area contributed by atoms with Crippen LogP contribution >= 0.6 is 11.3 Å². The first kappa shape index (κ1) is 21.7. The fraction of sp³-hybridized carbons (Fsp3) is 0.208. The number of hydrogen-bond donors (Lipinski definition) is 2. The molecule has 0 fully saturated rings. The molecule has 0 unspecified atom stereocenters. The third-order valence-electron chi connectivity index (χ3n) is 5.13. The molecule has 2 heterocycles. The highest BCUT2D eigenvalue weighted by Gasteiger charge is 2.19. The maximum atomic E-state index is 11.3. The number of rotatable bonds is 9. The van der Waals surface area contributed by atoms with E-state index in [9.17, 15) is 9.90 Å². The van der Waals surface area contributed by atoms with Gasteiger partial charge < -0.3 is 20.1 Å². The van der Waals surface area contributed by atoms with Crippen molar-refractivity contribution in [3.63, 3.8) is 0 Å². The minimum atomic E-state index is -0.647. The van der Waals surface area contributed by atoms with E-state index in [0.717, 1.165) is 27.6 Å². The molecule has 4 aromatic rings. The van der Waals surface area contributed by atoms with Crippen molar-refractivity contribution in [3.8, 4) is 27.6 Å². The summed E-state index contributed by atoms with van der Waals surface area (Å²) in [6, 6.07) is 17.6. The van der Waals surface area contributed by atoms with Gasteiger partial charge in [-0.1, -0.05) is 42.5 Å². The zero-order valence-corrected chi connectivity index (χ0v) is 18.4. The van der Waals surface area contributed by atoms with E-state index in [1.165, 1.54) is 6.33 Å². The molecule has 0 saturated carbocycles. The summed E-state index contributed by atoms with van der Waals surface area (Å²) in [5.41, 5.74) is 8.42. The molecule has 32 heavy (non-hydrogen) atoms. The van der Waals surface area contributed by atoms with Gasteiger partial charge in [-0.25, -0.2) is 9.97 Å². The highest BCUT2D eigenvalue weighted by molar-refractivity contribution is 7.13. The second-order valence-electron chi connectivity index (χ2n) is 7.45. The maximum Gasteiger partial charge on any atom is 0.268 e. The van der Waals surface area contributed by atoms with Crippen molar-refractivity contribution in [2.24, 2.45) is 5.73 Å². The molecule has 0 aliphatic carbocycles. The van der Waals surface area contributed by atoms with E-state index in [1.54, 1.807) is 29.0 Å². The smallest absolute Gasteiger partial charge is 0.268 e. The molecule has 2 aromatic heterocycles. The zero-order chi connectivity index (χ0) is 22.5. The fourth-order valence-electron chi connectivity index (χ4n) is 3.45. The minimum Gasteiger partial charge on any atom is -0.493 e. The molecule has 3 N–H and O–H groups in total. The van der Waals surface area contributed by atoms with E-state index in [2.05, 4.69) is 4.98 Å². The third-order valence-corrected chi connectivity index (χ3v) is 6.02. The van der Waals surface area contributed by atoms with Crippen LogP contribution in [0.15, 0.2) is 72.5 Å². The van der Waals surface area contributed by atoms with Crippen molar-refractivity contribution in [1.82, 2.24) is 14.5 Å². The number of aromatic nitrogens is 3. The Morgan fingerprint density at radius 1 is 1.19 bits per heavy atom. The lowest BCUT2D eigenvalue weighted by Crippen LogP contribution is -2.23. The van der Waals surface area contributed by atoms with E-state index >= 15 is 0 Å². The van der Waals surface area contributed by atoms with Gasteiger partial charge in [0.1, 0.15) is 16.5 Å². The summed E-state index contributed by atoms with van der Waals surface area (Å²) in [5, 5.41) is 13.2. The number of imidazole rings is 1. The number of thiazole rings is 1. The monoisotopic (exact) mass is 448 g/mol. The Morgan fingerprint density at radius 3 is 2.69 bits per heavy atom. The summed E-state index contributed by atoms with van der Waals surface area (Å²) in [7, 11) is 0. The lowest BCUT2D eigenvalue weighted by atomic mass is 10.1. The molecule has 0 aliphatic heterocycles. The van der Waals surface area contributed by atoms with Gasteiger partial charge in [-0.2, -0.15) is 0 Å². The summed E-state index contributed by atoms with van der Waals surface area (Å²) >= 11 is 1.61. The van der Waals surface area contributed by atoms with Crippen LogP contribution in [0.3, 0.4) is 0 Å². The van der Waals surface area contributed by atoms with Crippen LogP contribution in [0.25, 0.3) is 21.8 Å². The lowest BCUT2D eigenvalue weighted by molar-refractivity contribution is 0.0993. The first-order valence-electron chi connectivity index (χ1n) is 10.3. The van der Waals surface area contributed by atoms with Gasteiger partial charge in [-0.15, -0.1) is 11.3 Å². The van der Waals surface area contributed by atoms with Gasteiger partial charge in [-0.3, -0.25) is 4.79 Å². The number of ether oxygens (including phenoxy) is 1. The number of amides is 1. The van der Waals surface area contributed by atoms with Crippen LogP contribution in [0.4, 0.5) is 0 Å². The molecule has 1 amide bonds. The number of benzene rings is 2. The van der Waals surface area contributed by atoms with Gasteiger partial charge in [0.25, 0.3) is 5.91 Å². The highest BCUT2D eigenvalue weighted by atomic mass is 32.1. The van der Waals surface area contributed by atoms with E-state index in [4.69, 9.17) is 15.5 Å². The Bertz CT molecular complexity index is 1190. The molecule has 164 valence electrons. The van der Waals surface area contributed by atoms with Crippen molar-refractivity contribution in [1.29, 1.82) is 0 Å². The molecule has 7 nitrogen and oxygen atoms in total. The number of nitrogens with two attached hydrogens (primary N) is 1. The Hall–Kier alpha value is -3.49. The van der Waals surface area contributed by atoms with Crippen molar-refractivity contribution >= 4 is 17.2 Å². The van der Waals surface area contributed by atoms with E-state index in [0.29, 0.717) is 13.0 Å². The molecule has 0 saturated heterocycles. The number of carbonyl (C=O) groups is 1. The molecule has 0 aliphatic rings. The SMILES string of the molecule is C[C@H](O)[C@@H](CCOc1cccc(-c2csc(-c3ccccc3)n2)c1)n1cnc(C(N)=O)c1. The van der Waals surface area contributed by atoms with E-state index in [1.807, 2.05) is 60.0 Å². The van der Waals surface area contributed by atoms with Crippen LogP contribution < -0.4 is 10.5 Å². The van der Waals surface area contributed by atoms with Gasteiger partial charge in [0.05, 0.1) is 30.8 Å². The molecule has 2 aromatic carbocycles. The van der Waals surface area contributed by atoms with Crippen LogP contribution in [-0.2, 0) is 0 Å². The summed E-state index contributed by atoms with van der Waals surface area (Å²) in [6.07, 6.45) is 2.94. The lowest BCUT2D eigenvalue weighted by Gasteiger charge is -2.21. The normalized spacial score (nSPS) is 12.9. The zero-order valence-electron chi connectivity index (χ0n) is 17.6.